The average Bonchev–Trinajstić information content (AvgIpc) is 2.81. The number of hydrogen-bond donors (Lipinski definition) is 1. The monoisotopic (exact) mass is 295 g/mol. The van der Waals surface area contributed by atoms with Gasteiger partial charge in [-0.3, -0.25) is 0 Å². The maximum absolute atomic E-state index is 11.4. The van der Waals surface area contributed by atoms with Gasteiger partial charge < -0.3 is 9.67 Å². The van der Waals surface area contributed by atoms with E-state index in [-0.39, 0.29) is 17.5 Å². The van der Waals surface area contributed by atoms with Gasteiger partial charge in [-0.2, -0.15) is 0 Å². The number of hydrogen-bond acceptors (Lipinski definition) is 5. The molecular weight excluding hydrogens is 278 g/mol. The third-order valence-electron chi connectivity index (χ3n) is 2.96. The smallest absolute Gasteiger partial charge is 0.175 e. The van der Waals surface area contributed by atoms with Crippen LogP contribution in [0.1, 0.15) is 25.7 Å². The van der Waals surface area contributed by atoms with Crippen LogP contribution >= 0.6 is 0 Å². The van der Waals surface area contributed by atoms with Crippen molar-refractivity contribution in [3.63, 3.8) is 0 Å². The summed E-state index contributed by atoms with van der Waals surface area (Å²) >= 11 is 0. The summed E-state index contributed by atoms with van der Waals surface area (Å²) in [5.74, 6) is 1.10. The Labute approximate surface area is 118 Å². The standard InChI is InChI=1S/C13H17N3O3S/c1-9(2)16-12(8-17)14-15-13(16)10-4-6-11(7-5-10)20(3,18)19/h4-7,9,17H,8H2,1-3H3. The summed E-state index contributed by atoms with van der Waals surface area (Å²) in [6.07, 6.45) is 1.17. The van der Waals surface area contributed by atoms with E-state index in [0.29, 0.717) is 11.6 Å². The molecule has 2 rings (SSSR count). The molecule has 1 aromatic heterocycles. The van der Waals surface area contributed by atoms with Crippen molar-refractivity contribution in [1.82, 2.24) is 14.8 Å². The molecule has 0 aliphatic rings. The van der Waals surface area contributed by atoms with Crippen molar-refractivity contribution in [3.8, 4) is 11.4 Å². The fraction of sp³-hybridized carbons (Fsp3) is 0.385. The quantitative estimate of drug-likeness (QED) is 0.922. The van der Waals surface area contributed by atoms with E-state index in [9.17, 15) is 13.5 Å². The van der Waals surface area contributed by atoms with E-state index in [1.54, 1.807) is 24.3 Å². The highest BCUT2D eigenvalue weighted by atomic mass is 32.2. The summed E-state index contributed by atoms with van der Waals surface area (Å²) in [4.78, 5) is 0.263. The second-order valence-electron chi connectivity index (χ2n) is 4.86. The number of aliphatic hydroxyl groups is 1. The molecule has 7 heteroatoms. The van der Waals surface area contributed by atoms with Gasteiger partial charge in [0.1, 0.15) is 6.61 Å². The van der Waals surface area contributed by atoms with E-state index in [0.717, 1.165) is 5.56 Å². The molecule has 0 fully saturated rings. The molecule has 6 nitrogen and oxygen atoms in total. The number of aromatic nitrogens is 3. The summed E-state index contributed by atoms with van der Waals surface area (Å²) in [5.41, 5.74) is 0.762. The van der Waals surface area contributed by atoms with Crippen molar-refractivity contribution in [3.05, 3.63) is 30.1 Å². The molecule has 1 heterocycles. The summed E-state index contributed by atoms with van der Waals surface area (Å²) in [6.45, 7) is 3.75. The van der Waals surface area contributed by atoms with Crippen LogP contribution in [-0.2, 0) is 16.4 Å². The van der Waals surface area contributed by atoms with Crippen LogP contribution in [0.25, 0.3) is 11.4 Å². The second kappa shape index (κ2) is 5.34. The molecule has 1 N–H and O–H groups in total. The van der Waals surface area contributed by atoms with Gasteiger partial charge in [-0.15, -0.1) is 10.2 Å². The molecule has 0 aliphatic carbocycles. The maximum atomic E-state index is 11.4. The van der Waals surface area contributed by atoms with Crippen molar-refractivity contribution in [2.45, 2.75) is 31.4 Å². The Morgan fingerprint density at radius 3 is 2.25 bits per heavy atom. The van der Waals surface area contributed by atoms with Gasteiger partial charge in [0.2, 0.25) is 0 Å². The molecule has 20 heavy (non-hydrogen) atoms. The summed E-state index contributed by atoms with van der Waals surface area (Å²) in [6, 6.07) is 6.57. The van der Waals surface area contributed by atoms with Gasteiger partial charge >= 0.3 is 0 Å². The molecule has 0 atom stereocenters. The lowest BCUT2D eigenvalue weighted by atomic mass is 10.2. The Bertz CT molecular complexity index is 703. The summed E-state index contributed by atoms with van der Waals surface area (Å²) in [5, 5.41) is 17.3. The Balaban J connectivity index is 2.50. The first-order chi connectivity index (χ1) is 9.34. The molecule has 0 amide bonds. The number of nitrogens with zero attached hydrogens (tertiary/aromatic N) is 3. The van der Waals surface area contributed by atoms with E-state index in [2.05, 4.69) is 10.2 Å². The van der Waals surface area contributed by atoms with E-state index >= 15 is 0 Å². The highest BCUT2D eigenvalue weighted by Gasteiger charge is 2.16. The lowest BCUT2D eigenvalue weighted by Gasteiger charge is -2.13. The first kappa shape index (κ1) is 14.7. The molecule has 0 unspecified atom stereocenters. The minimum atomic E-state index is -3.21. The van der Waals surface area contributed by atoms with Crippen LogP contribution in [0.3, 0.4) is 0 Å². The molecule has 0 radical (unpaired) electrons. The minimum absolute atomic E-state index is 0.0942. The lowest BCUT2D eigenvalue weighted by molar-refractivity contribution is 0.262. The molecular formula is C13H17N3O3S. The van der Waals surface area contributed by atoms with E-state index < -0.39 is 9.84 Å². The van der Waals surface area contributed by atoms with E-state index in [1.807, 2.05) is 18.4 Å². The Kier molecular flexibility index (Phi) is 3.92. The molecule has 1 aromatic carbocycles. The molecule has 0 spiro atoms. The van der Waals surface area contributed by atoms with Gasteiger partial charge in [-0.05, 0) is 38.1 Å². The SMILES string of the molecule is CC(C)n1c(CO)nnc1-c1ccc(S(C)(=O)=O)cc1. The molecule has 0 aliphatic heterocycles. The average molecular weight is 295 g/mol. The van der Waals surface area contributed by atoms with Crippen molar-refractivity contribution in [1.29, 1.82) is 0 Å². The van der Waals surface area contributed by atoms with Crippen LogP contribution in [0.4, 0.5) is 0 Å². The van der Waals surface area contributed by atoms with Crippen molar-refractivity contribution in [2.24, 2.45) is 0 Å². The van der Waals surface area contributed by atoms with Gasteiger partial charge in [0, 0.05) is 17.9 Å². The number of sulfone groups is 1. The fourth-order valence-corrected chi connectivity index (χ4v) is 2.65. The van der Waals surface area contributed by atoms with Crippen molar-refractivity contribution >= 4 is 9.84 Å². The first-order valence-electron chi connectivity index (χ1n) is 6.19. The zero-order valence-electron chi connectivity index (χ0n) is 11.6. The molecule has 0 saturated heterocycles. The highest BCUT2D eigenvalue weighted by Crippen LogP contribution is 2.23. The van der Waals surface area contributed by atoms with Crippen LogP contribution in [0.15, 0.2) is 29.2 Å². The zero-order chi connectivity index (χ0) is 14.9. The first-order valence-corrected chi connectivity index (χ1v) is 8.09. The van der Waals surface area contributed by atoms with E-state index in [1.165, 1.54) is 6.26 Å². The van der Waals surface area contributed by atoms with Gasteiger partial charge in [-0.1, -0.05) is 0 Å². The Morgan fingerprint density at radius 2 is 1.80 bits per heavy atom. The van der Waals surface area contributed by atoms with E-state index in [4.69, 9.17) is 0 Å². The van der Waals surface area contributed by atoms with Crippen LogP contribution in [-0.4, -0.2) is 34.5 Å². The van der Waals surface area contributed by atoms with Crippen LogP contribution < -0.4 is 0 Å². The van der Waals surface area contributed by atoms with Crippen LogP contribution in [0, 0.1) is 0 Å². The van der Waals surface area contributed by atoms with Crippen LogP contribution in [0.2, 0.25) is 0 Å². The number of rotatable bonds is 4. The van der Waals surface area contributed by atoms with Gasteiger partial charge in [0.25, 0.3) is 0 Å². The molecule has 2 aromatic rings. The third kappa shape index (κ3) is 2.73. The predicted octanol–water partition coefficient (Wildman–Crippen LogP) is 1.42. The molecule has 0 saturated carbocycles. The predicted molar refractivity (Wildman–Crippen MR) is 74.9 cm³/mol. The third-order valence-corrected chi connectivity index (χ3v) is 4.09. The number of aliphatic hydroxyl groups excluding tert-OH is 1. The van der Waals surface area contributed by atoms with Gasteiger partial charge in [0.15, 0.2) is 21.5 Å². The summed E-state index contributed by atoms with van der Waals surface area (Å²) < 4.78 is 24.7. The molecule has 108 valence electrons. The van der Waals surface area contributed by atoms with Crippen molar-refractivity contribution < 1.29 is 13.5 Å². The van der Waals surface area contributed by atoms with Gasteiger partial charge in [-0.25, -0.2) is 8.42 Å². The lowest BCUT2D eigenvalue weighted by Crippen LogP contribution is -2.08. The largest absolute Gasteiger partial charge is 0.388 e. The maximum Gasteiger partial charge on any atom is 0.175 e. The fourth-order valence-electron chi connectivity index (χ4n) is 2.02. The van der Waals surface area contributed by atoms with Crippen LogP contribution in [0.5, 0.6) is 0 Å². The Morgan fingerprint density at radius 1 is 1.20 bits per heavy atom. The summed E-state index contributed by atoms with van der Waals surface area (Å²) in [7, 11) is -3.21. The topological polar surface area (TPSA) is 85.1 Å². The number of benzene rings is 1. The second-order valence-corrected chi connectivity index (χ2v) is 6.87. The normalized spacial score (nSPS) is 12.1. The van der Waals surface area contributed by atoms with Gasteiger partial charge in [0.05, 0.1) is 4.90 Å². The van der Waals surface area contributed by atoms with Crippen molar-refractivity contribution in [2.75, 3.05) is 6.26 Å². The Hall–Kier alpha value is -1.73. The molecule has 0 bridgehead atoms. The highest BCUT2D eigenvalue weighted by molar-refractivity contribution is 7.90. The minimum Gasteiger partial charge on any atom is -0.388 e. The zero-order valence-corrected chi connectivity index (χ0v) is 12.4.